The maximum Gasteiger partial charge on any atom is 0.342 e. The van der Waals surface area contributed by atoms with Crippen LogP contribution in [0.1, 0.15) is 46.8 Å². The fourth-order valence-electron chi connectivity index (χ4n) is 3.89. The Morgan fingerprint density at radius 3 is 2.52 bits per heavy atom. The second-order valence-corrected chi connectivity index (χ2v) is 8.16. The number of rotatable bonds is 9. The minimum Gasteiger partial charge on any atom is -0.496 e. The lowest BCUT2D eigenvalue weighted by molar-refractivity contribution is -0.116. The van der Waals surface area contributed by atoms with E-state index >= 15 is 0 Å². The number of methoxy groups -OCH3 is 3. The number of nitrogens with one attached hydrogen (secondary N) is 1. The molecule has 0 spiro atoms. The third-order valence-electron chi connectivity index (χ3n) is 5.67. The van der Waals surface area contributed by atoms with Gasteiger partial charge in [0.15, 0.2) is 0 Å². The van der Waals surface area contributed by atoms with Crippen LogP contribution in [-0.2, 0) is 22.6 Å². The van der Waals surface area contributed by atoms with Gasteiger partial charge in [-0.25, -0.2) is 4.79 Å². The molecular formula is C25H28ClNO6. The minimum absolute atomic E-state index is 0.115. The van der Waals surface area contributed by atoms with Gasteiger partial charge < -0.3 is 24.3 Å². The van der Waals surface area contributed by atoms with E-state index in [0.717, 1.165) is 22.3 Å². The van der Waals surface area contributed by atoms with Crippen LogP contribution in [0.25, 0.3) is 0 Å². The molecule has 0 aromatic heterocycles. The molecule has 0 fully saturated rings. The Labute approximate surface area is 198 Å². The van der Waals surface area contributed by atoms with E-state index < -0.39 is 0 Å². The number of allylic oxidation sites excluding steroid dienone is 2. The number of hydrogen-bond acceptors (Lipinski definition) is 6. The largest absolute Gasteiger partial charge is 0.496 e. The van der Waals surface area contributed by atoms with Gasteiger partial charge in [0.2, 0.25) is 5.91 Å². The summed E-state index contributed by atoms with van der Waals surface area (Å²) in [6.45, 7) is 4.09. The molecule has 1 aliphatic heterocycles. The highest BCUT2D eigenvalue weighted by atomic mass is 35.5. The molecule has 7 nitrogen and oxygen atoms in total. The van der Waals surface area contributed by atoms with Gasteiger partial charge in [-0.05, 0) is 50.5 Å². The van der Waals surface area contributed by atoms with Crippen LogP contribution in [0, 0.1) is 6.92 Å². The molecule has 2 aromatic carbocycles. The van der Waals surface area contributed by atoms with E-state index in [-0.39, 0.29) is 18.5 Å². The molecule has 0 unspecified atom stereocenters. The molecule has 2 aromatic rings. The van der Waals surface area contributed by atoms with Crippen molar-refractivity contribution in [2.75, 3.05) is 26.6 Å². The Hall–Kier alpha value is -3.19. The SMILES string of the molecule is COc1ccc(NC(=O)CCC(C)=CCc2c(OC)c(C)c3c(c2OC)C(=O)OC3)cc1Cl. The summed E-state index contributed by atoms with van der Waals surface area (Å²) in [7, 11) is 4.67. The molecule has 33 heavy (non-hydrogen) atoms. The molecule has 8 heteroatoms. The van der Waals surface area contributed by atoms with Gasteiger partial charge in [0.05, 0.1) is 26.4 Å². The summed E-state index contributed by atoms with van der Waals surface area (Å²) in [5.74, 6) is 1.21. The lowest BCUT2D eigenvalue weighted by Gasteiger charge is -2.18. The molecule has 0 atom stereocenters. The zero-order valence-electron chi connectivity index (χ0n) is 19.5. The van der Waals surface area contributed by atoms with Crippen molar-refractivity contribution in [3.8, 4) is 17.2 Å². The molecular weight excluding hydrogens is 446 g/mol. The first-order valence-corrected chi connectivity index (χ1v) is 10.9. The number of amides is 1. The third kappa shape index (κ3) is 5.25. The van der Waals surface area contributed by atoms with E-state index in [2.05, 4.69) is 5.32 Å². The molecule has 0 aliphatic carbocycles. The van der Waals surface area contributed by atoms with Gasteiger partial charge in [-0.2, -0.15) is 0 Å². The average molecular weight is 474 g/mol. The van der Waals surface area contributed by atoms with Crippen LogP contribution in [-0.4, -0.2) is 33.2 Å². The summed E-state index contributed by atoms with van der Waals surface area (Å²) in [5, 5.41) is 3.28. The third-order valence-corrected chi connectivity index (χ3v) is 5.96. The highest BCUT2D eigenvalue weighted by Crippen LogP contribution is 2.42. The average Bonchev–Trinajstić information content (AvgIpc) is 3.18. The van der Waals surface area contributed by atoms with Crippen molar-refractivity contribution < 1.29 is 28.5 Å². The van der Waals surface area contributed by atoms with E-state index in [1.807, 2.05) is 19.9 Å². The summed E-state index contributed by atoms with van der Waals surface area (Å²) < 4.78 is 21.6. The second-order valence-electron chi connectivity index (χ2n) is 7.75. The zero-order valence-corrected chi connectivity index (χ0v) is 20.2. The number of ether oxygens (including phenoxy) is 4. The van der Waals surface area contributed by atoms with Crippen LogP contribution in [0.4, 0.5) is 5.69 Å². The van der Waals surface area contributed by atoms with Crippen molar-refractivity contribution >= 4 is 29.2 Å². The van der Waals surface area contributed by atoms with Crippen LogP contribution in [0.2, 0.25) is 5.02 Å². The van der Waals surface area contributed by atoms with Crippen molar-refractivity contribution in [1.29, 1.82) is 0 Å². The normalized spacial score (nSPS) is 12.8. The van der Waals surface area contributed by atoms with Crippen molar-refractivity contribution in [2.24, 2.45) is 0 Å². The molecule has 176 valence electrons. The minimum atomic E-state index is -0.384. The number of fused-ring (bicyclic) bond motifs is 1. The number of carbonyl (C=O) groups is 2. The van der Waals surface area contributed by atoms with Crippen molar-refractivity contribution in [3.05, 3.63) is 57.1 Å². The number of benzene rings is 2. The molecule has 1 amide bonds. The topological polar surface area (TPSA) is 83.1 Å². The van der Waals surface area contributed by atoms with Crippen LogP contribution in [0.15, 0.2) is 29.8 Å². The van der Waals surface area contributed by atoms with E-state index in [4.69, 9.17) is 30.5 Å². The molecule has 0 radical (unpaired) electrons. The summed E-state index contributed by atoms with van der Waals surface area (Å²) in [6.07, 6.45) is 3.40. The molecule has 0 bridgehead atoms. The van der Waals surface area contributed by atoms with Crippen molar-refractivity contribution in [1.82, 2.24) is 0 Å². The van der Waals surface area contributed by atoms with Crippen LogP contribution in [0.5, 0.6) is 17.2 Å². The first-order chi connectivity index (χ1) is 15.8. The van der Waals surface area contributed by atoms with E-state index in [0.29, 0.717) is 52.8 Å². The summed E-state index contributed by atoms with van der Waals surface area (Å²) in [4.78, 5) is 24.6. The maximum absolute atomic E-state index is 12.4. The number of esters is 1. The Bertz CT molecular complexity index is 1110. The second kappa shape index (κ2) is 10.6. The van der Waals surface area contributed by atoms with Gasteiger partial charge >= 0.3 is 5.97 Å². The fourth-order valence-corrected chi connectivity index (χ4v) is 4.15. The molecule has 0 saturated carbocycles. The quantitative estimate of drug-likeness (QED) is 0.395. The van der Waals surface area contributed by atoms with E-state index in [1.165, 1.54) is 14.2 Å². The fraction of sp³-hybridized carbons (Fsp3) is 0.360. The smallest absolute Gasteiger partial charge is 0.342 e. The van der Waals surface area contributed by atoms with E-state index in [9.17, 15) is 9.59 Å². The van der Waals surface area contributed by atoms with Crippen LogP contribution < -0.4 is 19.5 Å². The first-order valence-electron chi connectivity index (χ1n) is 10.5. The predicted octanol–water partition coefficient (Wildman–Crippen LogP) is 5.25. The van der Waals surface area contributed by atoms with Gasteiger partial charge in [0.25, 0.3) is 0 Å². The van der Waals surface area contributed by atoms with Crippen LogP contribution >= 0.6 is 11.6 Å². The summed E-state index contributed by atoms with van der Waals surface area (Å²) >= 11 is 6.11. The molecule has 1 heterocycles. The Kier molecular flexibility index (Phi) is 7.87. The van der Waals surface area contributed by atoms with Gasteiger partial charge in [-0.15, -0.1) is 0 Å². The highest BCUT2D eigenvalue weighted by molar-refractivity contribution is 6.32. The monoisotopic (exact) mass is 473 g/mol. The standard InChI is InChI=1S/C25H28ClNO6/c1-14(7-11-21(28)27-16-8-10-20(30-3)19(26)12-16)6-9-17-23(31-4)15(2)18-13-33-25(29)22(18)24(17)32-5/h6,8,10,12H,7,9,11,13H2,1-5H3,(H,27,28). The van der Waals surface area contributed by atoms with Crippen LogP contribution in [0.3, 0.4) is 0 Å². The Morgan fingerprint density at radius 2 is 1.88 bits per heavy atom. The summed E-state index contributed by atoms with van der Waals surface area (Å²) in [6, 6.07) is 5.10. The summed E-state index contributed by atoms with van der Waals surface area (Å²) in [5.41, 5.74) is 4.57. The lowest BCUT2D eigenvalue weighted by Crippen LogP contribution is -2.11. The predicted molar refractivity (Wildman–Crippen MR) is 127 cm³/mol. The highest BCUT2D eigenvalue weighted by Gasteiger charge is 2.32. The Balaban J connectivity index is 1.69. The van der Waals surface area contributed by atoms with Crippen molar-refractivity contribution in [3.63, 3.8) is 0 Å². The molecule has 3 rings (SSSR count). The van der Waals surface area contributed by atoms with Crippen molar-refractivity contribution in [2.45, 2.75) is 39.7 Å². The molecule has 1 N–H and O–H groups in total. The first kappa shape index (κ1) is 24.5. The van der Waals surface area contributed by atoms with E-state index in [1.54, 1.807) is 25.3 Å². The van der Waals surface area contributed by atoms with Gasteiger partial charge in [0, 0.05) is 23.2 Å². The number of halogens is 1. The number of hydrogen-bond donors (Lipinski definition) is 1. The Morgan fingerprint density at radius 1 is 1.15 bits per heavy atom. The molecule has 0 saturated heterocycles. The van der Waals surface area contributed by atoms with Gasteiger partial charge in [-0.3, -0.25) is 4.79 Å². The number of carbonyl (C=O) groups excluding carboxylic acids is 2. The van der Waals surface area contributed by atoms with Gasteiger partial charge in [-0.1, -0.05) is 23.3 Å². The number of cyclic esters (lactones) is 1. The number of anilines is 1. The molecule has 1 aliphatic rings. The zero-order chi connectivity index (χ0) is 24.1. The maximum atomic E-state index is 12.4. The lowest BCUT2D eigenvalue weighted by atomic mass is 9.94. The van der Waals surface area contributed by atoms with Gasteiger partial charge in [0.1, 0.15) is 29.4 Å².